The van der Waals surface area contributed by atoms with Crippen molar-refractivity contribution in [1.29, 1.82) is 0 Å². The third-order valence-electron chi connectivity index (χ3n) is 1.91. The molecule has 4 heteroatoms. The monoisotopic (exact) mass is 207 g/mol. The molecule has 0 unspecified atom stereocenters. The summed E-state index contributed by atoms with van der Waals surface area (Å²) >= 11 is 0. The molecule has 80 valence electrons. The molecule has 0 aliphatic heterocycles. The number of carbonyl (C=O) groups excluding carboxylic acids is 2. The molecule has 0 heterocycles. The number of carbonyl (C=O) groups is 2. The number of benzene rings is 1. The molecular weight excluding hydrogens is 194 g/mol. The fraction of sp³-hybridized carbons (Fsp3) is 0.273. The Morgan fingerprint density at radius 2 is 1.87 bits per heavy atom. The van der Waals surface area contributed by atoms with E-state index < -0.39 is 0 Å². The van der Waals surface area contributed by atoms with Gasteiger partial charge in [0.2, 0.25) is 5.91 Å². The maximum absolute atomic E-state index is 11.1. The average Bonchev–Trinajstić information content (AvgIpc) is 2.29. The van der Waals surface area contributed by atoms with Crippen molar-refractivity contribution >= 4 is 17.6 Å². The Labute approximate surface area is 88.2 Å². The summed E-state index contributed by atoms with van der Waals surface area (Å²) in [4.78, 5) is 22.1. The Kier molecular flexibility index (Phi) is 3.85. The van der Waals surface area contributed by atoms with Gasteiger partial charge in [0.1, 0.15) is 0 Å². The number of hydrogen-bond donors (Lipinski definition) is 1. The molecule has 1 amide bonds. The summed E-state index contributed by atoms with van der Waals surface area (Å²) < 4.78 is 4.55. The molecule has 0 spiro atoms. The molecule has 1 aromatic rings. The second kappa shape index (κ2) is 5.14. The van der Waals surface area contributed by atoms with Gasteiger partial charge >= 0.3 is 5.97 Å². The van der Waals surface area contributed by atoms with E-state index in [9.17, 15) is 9.59 Å². The zero-order valence-electron chi connectivity index (χ0n) is 8.74. The summed E-state index contributed by atoms with van der Waals surface area (Å²) in [6.45, 7) is 1.78. The maximum atomic E-state index is 11.1. The number of ether oxygens (including phenoxy) is 1. The third kappa shape index (κ3) is 3.09. The van der Waals surface area contributed by atoms with Crippen LogP contribution in [0.5, 0.6) is 0 Å². The Hall–Kier alpha value is -1.84. The predicted molar refractivity (Wildman–Crippen MR) is 56.7 cm³/mol. The minimum absolute atomic E-state index is 0.0548. The molecule has 0 aromatic heterocycles. The van der Waals surface area contributed by atoms with E-state index in [0.717, 1.165) is 0 Å². The van der Waals surface area contributed by atoms with Crippen molar-refractivity contribution < 1.29 is 14.3 Å². The Bertz CT molecular complexity index is 357. The molecule has 1 aromatic carbocycles. The minimum atomic E-state index is -0.386. The van der Waals surface area contributed by atoms with E-state index in [4.69, 9.17) is 0 Å². The van der Waals surface area contributed by atoms with Gasteiger partial charge in [-0.25, -0.2) is 4.79 Å². The number of methoxy groups -OCH3 is 1. The lowest BCUT2D eigenvalue weighted by Gasteiger charge is -2.04. The quantitative estimate of drug-likeness (QED) is 0.769. The fourth-order valence-electron chi connectivity index (χ4n) is 1.06. The maximum Gasteiger partial charge on any atom is 0.337 e. The van der Waals surface area contributed by atoms with Gasteiger partial charge in [-0.15, -0.1) is 0 Å². The van der Waals surface area contributed by atoms with Crippen LogP contribution in [0, 0.1) is 0 Å². The largest absolute Gasteiger partial charge is 0.465 e. The topological polar surface area (TPSA) is 55.4 Å². The second-order valence-corrected chi connectivity index (χ2v) is 2.97. The summed E-state index contributed by atoms with van der Waals surface area (Å²) in [5.74, 6) is -0.441. The molecule has 0 saturated heterocycles. The van der Waals surface area contributed by atoms with Crippen LogP contribution in [0.3, 0.4) is 0 Å². The van der Waals surface area contributed by atoms with Crippen LogP contribution in [0.15, 0.2) is 24.3 Å². The number of anilines is 1. The zero-order valence-corrected chi connectivity index (χ0v) is 8.74. The van der Waals surface area contributed by atoms with E-state index in [2.05, 4.69) is 10.1 Å². The molecule has 1 rings (SSSR count). The smallest absolute Gasteiger partial charge is 0.337 e. The highest BCUT2D eigenvalue weighted by Gasteiger charge is 2.04. The first-order chi connectivity index (χ1) is 7.17. The first kappa shape index (κ1) is 11.2. The van der Waals surface area contributed by atoms with Gasteiger partial charge in [0, 0.05) is 12.1 Å². The number of amides is 1. The normalized spacial score (nSPS) is 9.47. The highest BCUT2D eigenvalue weighted by molar-refractivity contribution is 5.92. The Balaban J connectivity index is 2.72. The van der Waals surface area contributed by atoms with Gasteiger partial charge in [-0.1, -0.05) is 6.92 Å². The summed E-state index contributed by atoms with van der Waals surface area (Å²) in [7, 11) is 1.33. The van der Waals surface area contributed by atoms with Crippen molar-refractivity contribution in [3.8, 4) is 0 Å². The van der Waals surface area contributed by atoms with Gasteiger partial charge in [0.05, 0.1) is 12.7 Å². The minimum Gasteiger partial charge on any atom is -0.465 e. The molecule has 0 fully saturated rings. The van der Waals surface area contributed by atoms with Gasteiger partial charge in [0.15, 0.2) is 0 Å². The number of hydrogen-bond acceptors (Lipinski definition) is 3. The number of esters is 1. The van der Waals surface area contributed by atoms with Crippen molar-refractivity contribution in [3.63, 3.8) is 0 Å². The van der Waals surface area contributed by atoms with Gasteiger partial charge in [-0.2, -0.15) is 0 Å². The number of nitrogens with one attached hydrogen (secondary N) is 1. The lowest BCUT2D eigenvalue weighted by Crippen LogP contribution is -2.09. The van der Waals surface area contributed by atoms with Crippen molar-refractivity contribution in [1.82, 2.24) is 0 Å². The average molecular weight is 207 g/mol. The van der Waals surface area contributed by atoms with Crippen LogP contribution in [0.25, 0.3) is 0 Å². The summed E-state index contributed by atoms with van der Waals surface area (Å²) in [6, 6.07) is 6.55. The zero-order chi connectivity index (χ0) is 11.3. The molecule has 15 heavy (non-hydrogen) atoms. The van der Waals surface area contributed by atoms with Crippen LogP contribution < -0.4 is 5.32 Å². The van der Waals surface area contributed by atoms with E-state index in [-0.39, 0.29) is 11.9 Å². The molecule has 1 N–H and O–H groups in total. The molecule has 4 nitrogen and oxygen atoms in total. The van der Waals surface area contributed by atoms with Crippen molar-refractivity contribution in [2.24, 2.45) is 0 Å². The van der Waals surface area contributed by atoms with Gasteiger partial charge in [-0.05, 0) is 24.3 Å². The predicted octanol–water partition coefficient (Wildman–Crippen LogP) is 1.82. The molecule has 0 aliphatic carbocycles. The second-order valence-electron chi connectivity index (χ2n) is 2.97. The summed E-state index contributed by atoms with van der Waals surface area (Å²) in [6.07, 6.45) is 0.429. The van der Waals surface area contributed by atoms with Crippen molar-refractivity contribution in [3.05, 3.63) is 29.8 Å². The van der Waals surface area contributed by atoms with Gasteiger partial charge in [0.25, 0.3) is 0 Å². The van der Waals surface area contributed by atoms with Crippen molar-refractivity contribution in [2.75, 3.05) is 12.4 Å². The Morgan fingerprint density at radius 3 is 2.33 bits per heavy atom. The lowest BCUT2D eigenvalue weighted by atomic mass is 10.2. The fourth-order valence-corrected chi connectivity index (χ4v) is 1.06. The van der Waals surface area contributed by atoms with E-state index in [1.54, 1.807) is 31.2 Å². The summed E-state index contributed by atoms with van der Waals surface area (Å²) in [5.41, 5.74) is 1.14. The van der Waals surface area contributed by atoms with E-state index in [1.165, 1.54) is 7.11 Å². The lowest BCUT2D eigenvalue weighted by molar-refractivity contribution is -0.115. The van der Waals surface area contributed by atoms with Crippen molar-refractivity contribution in [2.45, 2.75) is 13.3 Å². The van der Waals surface area contributed by atoms with E-state index in [0.29, 0.717) is 17.7 Å². The van der Waals surface area contributed by atoms with Crippen LogP contribution in [0.1, 0.15) is 23.7 Å². The third-order valence-corrected chi connectivity index (χ3v) is 1.91. The molecule has 0 saturated carbocycles. The van der Waals surface area contributed by atoms with E-state index >= 15 is 0 Å². The van der Waals surface area contributed by atoms with Gasteiger partial charge < -0.3 is 10.1 Å². The highest BCUT2D eigenvalue weighted by atomic mass is 16.5. The molecular formula is C11H13NO3. The first-order valence-electron chi connectivity index (χ1n) is 4.65. The highest BCUT2D eigenvalue weighted by Crippen LogP contribution is 2.10. The van der Waals surface area contributed by atoms with Crippen LogP contribution in [0.4, 0.5) is 5.69 Å². The first-order valence-corrected chi connectivity index (χ1v) is 4.65. The molecule has 0 radical (unpaired) electrons. The summed E-state index contributed by atoms with van der Waals surface area (Å²) in [5, 5.41) is 2.68. The van der Waals surface area contributed by atoms with E-state index in [1.807, 2.05) is 0 Å². The standard InChI is InChI=1S/C11H13NO3/c1-3-10(13)12-9-6-4-8(5-7-9)11(14)15-2/h4-7H,3H2,1-2H3,(H,12,13). The van der Waals surface area contributed by atoms with Crippen LogP contribution in [0.2, 0.25) is 0 Å². The SMILES string of the molecule is CCC(=O)Nc1ccc(C(=O)OC)cc1. The van der Waals surface area contributed by atoms with Crippen LogP contribution in [-0.2, 0) is 9.53 Å². The van der Waals surface area contributed by atoms with Crippen LogP contribution >= 0.6 is 0 Å². The number of rotatable bonds is 3. The Morgan fingerprint density at radius 1 is 1.27 bits per heavy atom. The molecule has 0 atom stereocenters. The molecule has 0 aliphatic rings. The van der Waals surface area contributed by atoms with Gasteiger partial charge in [-0.3, -0.25) is 4.79 Å². The molecule has 0 bridgehead atoms. The van der Waals surface area contributed by atoms with Crippen LogP contribution in [-0.4, -0.2) is 19.0 Å².